The third-order valence-corrected chi connectivity index (χ3v) is 7.09. The molecule has 5 nitrogen and oxygen atoms in total. The Balaban J connectivity index is 1.47. The summed E-state index contributed by atoms with van der Waals surface area (Å²) in [5, 5.41) is 10.5. The van der Waals surface area contributed by atoms with Gasteiger partial charge in [0.2, 0.25) is 0 Å². The second kappa shape index (κ2) is 9.12. The van der Waals surface area contributed by atoms with Crippen molar-refractivity contribution in [3.05, 3.63) is 92.8 Å². The van der Waals surface area contributed by atoms with Crippen LogP contribution in [0.1, 0.15) is 47.1 Å². The fourth-order valence-electron chi connectivity index (χ4n) is 4.06. The average Bonchev–Trinajstić information content (AvgIpc) is 3.33. The number of halogens is 1. The summed E-state index contributed by atoms with van der Waals surface area (Å²) in [6, 6.07) is 18.5. The van der Waals surface area contributed by atoms with Gasteiger partial charge in [0.25, 0.3) is 0 Å². The smallest absolute Gasteiger partial charge is 0.160 e. The fraction of sp³-hybridized carbons (Fsp3) is 0.269. The summed E-state index contributed by atoms with van der Waals surface area (Å²) in [6.45, 7) is 6.54. The molecule has 0 saturated heterocycles. The summed E-state index contributed by atoms with van der Waals surface area (Å²) in [5.41, 5.74) is 4.24. The van der Waals surface area contributed by atoms with E-state index in [0.29, 0.717) is 11.6 Å². The molecular weight excluding hydrogens is 452 g/mol. The molecule has 0 bridgehead atoms. The van der Waals surface area contributed by atoms with Gasteiger partial charge in [-0.2, -0.15) is 0 Å². The lowest BCUT2D eigenvalue weighted by atomic mass is 10.0. The summed E-state index contributed by atoms with van der Waals surface area (Å²) >= 11 is 8.34. The molecule has 33 heavy (non-hydrogen) atoms. The quantitative estimate of drug-likeness (QED) is 0.332. The number of rotatable bonds is 6. The first kappa shape index (κ1) is 21.9. The van der Waals surface area contributed by atoms with E-state index in [1.807, 2.05) is 57.2 Å². The molecule has 0 radical (unpaired) electrons. The van der Waals surface area contributed by atoms with Crippen molar-refractivity contribution in [3.8, 4) is 10.8 Å². The van der Waals surface area contributed by atoms with Gasteiger partial charge in [-0.25, -0.2) is 0 Å². The Morgan fingerprint density at radius 3 is 2.58 bits per heavy atom. The minimum Gasteiger partial charge on any atom is -0.491 e. The molecule has 2 aromatic carbocycles. The zero-order chi connectivity index (χ0) is 22.9. The van der Waals surface area contributed by atoms with Crippen LogP contribution >= 0.6 is 22.9 Å². The van der Waals surface area contributed by atoms with Crippen molar-refractivity contribution >= 4 is 28.6 Å². The van der Waals surface area contributed by atoms with Crippen LogP contribution in [0, 0.1) is 6.92 Å². The first-order valence-corrected chi connectivity index (χ1v) is 12.3. The Kier molecular flexibility index (Phi) is 6.04. The molecule has 5 rings (SSSR count). The van der Waals surface area contributed by atoms with Gasteiger partial charge in [0.1, 0.15) is 23.1 Å². The van der Waals surface area contributed by atoms with Crippen molar-refractivity contribution in [2.45, 2.75) is 46.3 Å². The highest BCUT2D eigenvalue weighted by atomic mass is 35.5. The molecule has 0 fully saturated rings. The lowest BCUT2D eigenvalue weighted by Gasteiger charge is -2.10. The standard InChI is InChI=1S/C26H25ClN4OS/c1-16(2)32-19-11-8-18(9-12-19)10-13-20-14-22-25(21-6-4-5-7-23(21)27)28-15-24-30-29-17(3)31(24)26(22)33-20/h4-9,11-12,14,16H,10,13,15H2,1-3H3. The monoisotopic (exact) mass is 476 g/mol. The Morgan fingerprint density at radius 1 is 1.03 bits per heavy atom. The molecule has 4 aromatic rings. The highest BCUT2D eigenvalue weighted by molar-refractivity contribution is 7.15. The maximum absolute atomic E-state index is 6.56. The minimum atomic E-state index is 0.178. The third kappa shape index (κ3) is 4.45. The summed E-state index contributed by atoms with van der Waals surface area (Å²) in [7, 11) is 0. The Morgan fingerprint density at radius 2 is 1.82 bits per heavy atom. The zero-order valence-electron chi connectivity index (χ0n) is 18.9. The number of ether oxygens (including phenoxy) is 1. The number of aliphatic imine (C=N–C) groups is 1. The van der Waals surface area contributed by atoms with Crippen molar-refractivity contribution in [1.29, 1.82) is 0 Å². The molecule has 0 aliphatic carbocycles. The number of nitrogens with zero attached hydrogens (tertiary/aromatic N) is 4. The number of benzene rings is 2. The van der Waals surface area contributed by atoms with Gasteiger partial charge in [0.15, 0.2) is 5.82 Å². The van der Waals surface area contributed by atoms with E-state index in [-0.39, 0.29) is 6.10 Å². The molecule has 0 saturated carbocycles. The van der Waals surface area contributed by atoms with Crippen LogP contribution in [0.15, 0.2) is 59.6 Å². The predicted molar refractivity (Wildman–Crippen MR) is 134 cm³/mol. The number of thiophene rings is 1. The zero-order valence-corrected chi connectivity index (χ0v) is 20.5. The lowest BCUT2D eigenvalue weighted by molar-refractivity contribution is 0.242. The molecule has 0 amide bonds. The topological polar surface area (TPSA) is 52.3 Å². The van der Waals surface area contributed by atoms with Crippen LogP contribution in [0.5, 0.6) is 5.75 Å². The van der Waals surface area contributed by atoms with Crippen LogP contribution in [-0.4, -0.2) is 26.6 Å². The summed E-state index contributed by atoms with van der Waals surface area (Å²) in [4.78, 5) is 6.21. The highest BCUT2D eigenvalue weighted by Gasteiger charge is 2.25. The van der Waals surface area contributed by atoms with E-state index in [0.717, 1.165) is 52.1 Å². The van der Waals surface area contributed by atoms with Crippen molar-refractivity contribution in [2.75, 3.05) is 0 Å². The molecule has 0 atom stereocenters. The minimum absolute atomic E-state index is 0.178. The van der Waals surface area contributed by atoms with Gasteiger partial charge in [-0.3, -0.25) is 9.56 Å². The van der Waals surface area contributed by atoms with Gasteiger partial charge in [-0.15, -0.1) is 21.5 Å². The van der Waals surface area contributed by atoms with E-state index >= 15 is 0 Å². The molecule has 2 aromatic heterocycles. The van der Waals surface area contributed by atoms with E-state index in [9.17, 15) is 0 Å². The maximum atomic E-state index is 6.56. The molecule has 7 heteroatoms. The number of hydrogen-bond donors (Lipinski definition) is 0. The van der Waals surface area contributed by atoms with E-state index < -0.39 is 0 Å². The first-order chi connectivity index (χ1) is 16.0. The molecule has 0 unspecified atom stereocenters. The SMILES string of the molecule is Cc1nnc2n1-c1sc(CCc3ccc(OC(C)C)cc3)cc1C(c1ccccc1Cl)=NC2. The van der Waals surface area contributed by atoms with Crippen LogP contribution in [0.2, 0.25) is 5.02 Å². The normalized spacial score (nSPS) is 12.8. The second-order valence-electron chi connectivity index (χ2n) is 8.39. The fourth-order valence-corrected chi connectivity index (χ4v) is 5.50. The summed E-state index contributed by atoms with van der Waals surface area (Å²) in [6.07, 6.45) is 2.07. The van der Waals surface area contributed by atoms with E-state index in [4.69, 9.17) is 21.3 Å². The molecule has 168 valence electrons. The molecule has 1 aliphatic rings. The van der Waals surface area contributed by atoms with E-state index in [1.165, 1.54) is 10.4 Å². The van der Waals surface area contributed by atoms with E-state index in [1.54, 1.807) is 11.3 Å². The molecular formula is C26H25ClN4OS. The summed E-state index contributed by atoms with van der Waals surface area (Å²) < 4.78 is 7.90. The number of aromatic nitrogens is 3. The molecule has 1 aliphatic heterocycles. The third-order valence-electron chi connectivity index (χ3n) is 5.58. The molecule has 3 heterocycles. The Hall–Kier alpha value is -2.96. The highest BCUT2D eigenvalue weighted by Crippen LogP contribution is 2.35. The van der Waals surface area contributed by atoms with Gasteiger partial charge in [-0.1, -0.05) is 41.9 Å². The van der Waals surface area contributed by atoms with Crippen LogP contribution in [-0.2, 0) is 19.4 Å². The van der Waals surface area contributed by atoms with Gasteiger partial charge >= 0.3 is 0 Å². The van der Waals surface area contributed by atoms with Gasteiger partial charge in [-0.05, 0) is 63.4 Å². The van der Waals surface area contributed by atoms with Gasteiger partial charge in [0, 0.05) is 21.0 Å². The first-order valence-electron chi connectivity index (χ1n) is 11.1. The van der Waals surface area contributed by atoms with Crippen LogP contribution in [0.4, 0.5) is 0 Å². The predicted octanol–water partition coefficient (Wildman–Crippen LogP) is 6.21. The maximum Gasteiger partial charge on any atom is 0.160 e. The van der Waals surface area contributed by atoms with Crippen LogP contribution in [0.3, 0.4) is 0 Å². The molecule has 0 N–H and O–H groups in total. The van der Waals surface area contributed by atoms with E-state index in [2.05, 4.69) is 33.0 Å². The number of fused-ring (bicyclic) bond motifs is 3. The van der Waals surface area contributed by atoms with Crippen molar-refractivity contribution in [3.63, 3.8) is 0 Å². The van der Waals surface area contributed by atoms with Crippen LogP contribution in [0.25, 0.3) is 5.00 Å². The van der Waals surface area contributed by atoms with Crippen LogP contribution < -0.4 is 4.74 Å². The number of aryl methyl sites for hydroxylation is 3. The van der Waals surface area contributed by atoms with Crippen molar-refractivity contribution in [2.24, 2.45) is 4.99 Å². The van der Waals surface area contributed by atoms with Gasteiger partial charge < -0.3 is 4.74 Å². The van der Waals surface area contributed by atoms with Crippen molar-refractivity contribution in [1.82, 2.24) is 14.8 Å². The largest absolute Gasteiger partial charge is 0.491 e. The average molecular weight is 477 g/mol. The second-order valence-corrected chi connectivity index (χ2v) is 9.91. The Labute approximate surface area is 202 Å². The van der Waals surface area contributed by atoms with Gasteiger partial charge in [0.05, 0.1) is 11.8 Å². The Bertz CT molecular complexity index is 1320. The lowest BCUT2D eigenvalue weighted by Crippen LogP contribution is -2.05. The molecule has 0 spiro atoms. The summed E-state index contributed by atoms with van der Waals surface area (Å²) in [5.74, 6) is 2.63. The van der Waals surface area contributed by atoms with Crippen molar-refractivity contribution < 1.29 is 4.74 Å². The number of hydrogen-bond acceptors (Lipinski definition) is 5.